The van der Waals surface area contributed by atoms with E-state index in [1.807, 2.05) is 6.92 Å². The molecule has 1 aromatic heterocycles. The van der Waals surface area contributed by atoms with E-state index < -0.39 is 6.10 Å². The highest BCUT2D eigenvalue weighted by Gasteiger charge is 2.23. The van der Waals surface area contributed by atoms with E-state index in [2.05, 4.69) is 15.7 Å². The van der Waals surface area contributed by atoms with Crippen molar-refractivity contribution in [2.24, 2.45) is 7.05 Å². The molecule has 22 heavy (non-hydrogen) atoms. The number of anilines is 2. The summed E-state index contributed by atoms with van der Waals surface area (Å²) in [4.78, 5) is 23.9. The van der Waals surface area contributed by atoms with Crippen molar-refractivity contribution < 1.29 is 14.3 Å². The van der Waals surface area contributed by atoms with Crippen molar-refractivity contribution in [2.75, 3.05) is 10.6 Å². The maximum atomic E-state index is 12.2. The molecule has 0 radical (unpaired) electrons. The second-order valence-corrected chi connectivity index (χ2v) is 5.18. The summed E-state index contributed by atoms with van der Waals surface area (Å²) in [7, 11) is 1.78. The summed E-state index contributed by atoms with van der Waals surface area (Å²) in [5.41, 5.74) is 2.41. The van der Waals surface area contributed by atoms with Crippen molar-refractivity contribution in [3.8, 4) is 5.75 Å². The standard InChI is InChI=1S/C15H16N4O3/c1-8-11(7-16-19(8)3)15(21)17-10-4-5-13-12(6-10)18-14(20)9(2)22-13/h4-7,9H,1-3H3,(H,17,21)(H,18,20)/t9-/m0/s1. The molecule has 0 saturated heterocycles. The predicted octanol–water partition coefficient (Wildman–Crippen LogP) is 1.70. The number of fused-ring (bicyclic) bond motifs is 1. The molecule has 7 heteroatoms. The van der Waals surface area contributed by atoms with Gasteiger partial charge in [0.05, 0.1) is 17.4 Å². The zero-order chi connectivity index (χ0) is 15.9. The van der Waals surface area contributed by atoms with Gasteiger partial charge >= 0.3 is 0 Å². The van der Waals surface area contributed by atoms with E-state index in [1.54, 1.807) is 36.9 Å². The minimum atomic E-state index is -0.522. The van der Waals surface area contributed by atoms with E-state index in [4.69, 9.17) is 4.74 Å². The molecule has 2 N–H and O–H groups in total. The zero-order valence-electron chi connectivity index (χ0n) is 12.5. The fraction of sp³-hybridized carbons (Fsp3) is 0.267. The third-order valence-electron chi connectivity index (χ3n) is 3.65. The number of nitrogens with zero attached hydrogens (tertiary/aromatic N) is 2. The van der Waals surface area contributed by atoms with E-state index in [0.717, 1.165) is 5.69 Å². The lowest BCUT2D eigenvalue weighted by Gasteiger charge is -2.23. The van der Waals surface area contributed by atoms with Crippen LogP contribution in [0.4, 0.5) is 11.4 Å². The lowest BCUT2D eigenvalue weighted by atomic mass is 10.2. The third-order valence-corrected chi connectivity index (χ3v) is 3.65. The smallest absolute Gasteiger partial charge is 0.265 e. The van der Waals surface area contributed by atoms with Crippen LogP contribution in [0.3, 0.4) is 0 Å². The Hall–Kier alpha value is -2.83. The molecule has 7 nitrogen and oxygen atoms in total. The van der Waals surface area contributed by atoms with E-state index >= 15 is 0 Å². The molecule has 3 rings (SSSR count). The molecule has 1 aromatic carbocycles. The number of rotatable bonds is 2. The lowest BCUT2D eigenvalue weighted by molar-refractivity contribution is -0.122. The largest absolute Gasteiger partial charge is 0.479 e. The molecule has 0 spiro atoms. The molecular formula is C15H16N4O3. The van der Waals surface area contributed by atoms with E-state index in [1.165, 1.54) is 6.20 Å². The second kappa shape index (κ2) is 5.18. The molecule has 2 heterocycles. The Kier molecular flexibility index (Phi) is 3.32. The van der Waals surface area contributed by atoms with Crippen LogP contribution in [-0.4, -0.2) is 27.7 Å². The van der Waals surface area contributed by atoms with Crippen LogP contribution in [0.5, 0.6) is 5.75 Å². The van der Waals surface area contributed by atoms with Gasteiger partial charge in [0.1, 0.15) is 5.75 Å². The van der Waals surface area contributed by atoms with Gasteiger partial charge in [0.2, 0.25) is 0 Å². The summed E-state index contributed by atoms with van der Waals surface area (Å²) < 4.78 is 7.11. The van der Waals surface area contributed by atoms with Gasteiger partial charge in [-0.1, -0.05) is 0 Å². The minimum absolute atomic E-state index is 0.209. The SMILES string of the molecule is Cc1c(C(=O)Nc2ccc3c(c2)NC(=O)[C@H](C)O3)cnn1C. The molecule has 0 fully saturated rings. The first-order valence-electron chi connectivity index (χ1n) is 6.87. The van der Waals surface area contributed by atoms with Crippen LogP contribution in [0.2, 0.25) is 0 Å². The molecule has 2 amide bonds. The van der Waals surface area contributed by atoms with Crippen LogP contribution in [0.15, 0.2) is 24.4 Å². The minimum Gasteiger partial charge on any atom is -0.479 e. The number of carbonyl (C=O) groups excluding carboxylic acids is 2. The molecular weight excluding hydrogens is 284 g/mol. The maximum Gasteiger partial charge on any atom is 0.265 e. The van der Waals surface area contributed by atoms with Crippen LogP contribution >= 0.6 is 0 Å². The van der Waals surface area contributed by atoms with Crippen LogP contribution in [0, 0.1) is 6.92 Å². The Bertz CT molecular complexity index is 766. The van der Waals surface area contributed by atoms with Gasteiger partial charge in [-0.2, -0.15) is 5.10 Å². The van der Waals surface area contributed by atoms with Crippen LogP contribution in [0.1, 0.15) is 23.0 Å². The van der Waals surface area contributed by atoms with Crippen molar-refractivity contribution in [1.82, 2.24) is 9.78 Å². The van der Waals surface area contributed by atoms with E-state index in [9.17, 15) is 9.59 Å². The average Bonchev–Trinajstić information content (AvgIpc) is 2.80. The van der Waals surface area contributed by atoms with Crippen LogP contribution < -0.4 is 15.4 Å². The Morgan fingerprint density at radius 2 is 2.23 bits per heavy atom. The fourth-order valence-corrected chi connectivity index (χ4v) is 2.21. The zero-order valence-corrected chi connectivity index (χ0v) is 12.5. The first kappa shape index (κ1) is 14.1. The van der Waals surface area contributed by atoms with Crippen molar-refractivity contribution in [3.63, 3.8) is 0 Å². The average molecular weight is 300 g/mol. The van der Waals surface area contributed by atoms with Crippen molar-refractivity contribution >= 4 is 23.2 Å². The van der Waals surface area contributed by atoms with Crippen LogP contribution in [0.25, 0.3) is 0 Å². The molecule has 1 atom stereocenters. The topological polar surface area (TPSA) is 85.2 Å². The number of benzene rings is 1. The highest BCUT2D eigenvalue weighted by Crippen LogP contribution is 2.32. The number of aryl methyl sites for hydroxylation is 1. The number of carbonyl (C=O) groups is 2. The Morgan fingerprint density at radius 3 is 2.91 bits per heavy atom. The van der Waals surface area contributed by atoms with Gasteiger partial charge in [-0.05, 0) is 32.0 Å². The van der Waals surface area contributed by atoms with Crippen molar-refractivity contribution in [2.45, 2.75) is 20.0 Å². The van der Waals surface area contributed by atoms with E-state index in [-0.39, 0.29) is 11.8 Å². The highest BCUT2D eigenvalue weighted by atomic mass is 16.5. The molecule has 0 unspecified atom stereocenters. The van der Waals surface area contributed by atoms with Gasteiger partial charge in [-0.25, -0.2) is 0 Å². The van der Waals surface area contributed by atoms with Gasteiger partial charge in [0.25, 0.3) is 11.8 Å². The van der Waals surface area contributed by atoms with Crippen LogP contribution in [-0.2, 0) is 11.8 Å². The van der Waals surface area contributed by atoms with Crippen molar-refractivity contribution in [1.29, 1.82) is 0 Å². The molecule has 114 valence electrons. The summed E-state index contributed by atoms with van der Waals surface area (Å²) in [6, 6.07) is 5.12. The quantitative estimate of drug-likeness (QED) is 0.884. The number of nitrogens with one attached hydrogen (secondary N) is 2. The number of hydrogen-bond donors (Lipinski definition) is 2. The third kappa shape index (κ3) is 2.41. The first-order valence-corrected chi connectivity index (χ1v) is 6.87. The molecule has 0 aliphatic carbocycles. The van der Waals surface area contributed by atoms with E-state index in [0.29, 0.717) is 22.7 Å². The van der Waals surface area contributed by atoms with Gasteiger partial charge < -0.3 is 15.4 Å². The van der Waals surface area contributed by atoms with Gasteiger partial charge in [0.15, 0.2) is 6.10 Å². The Labute approximate surface area is 127 Å². The number of ether oxygens (including phenoxy) is 1. The number of hydrogen-bond acceptors (Lipinski definition) is 4. The van der Waals surface area contributed by atoms with Gasteiger partial charge in [0, 0.05) is 18.4 Å². The normalized spacial score (nSPS) is 16.5. The predicted molar refractivity (Wildman–Crippen MR) is 81.1 cm³/mol. The van der Waals surface area contributed by atoms with Gasteiger partial charge in [-0.15, -0.1) is 0 Å². The Morgan fingerprint density at radius 1 is 1.45 bits per heavy atom. The summed E-state index contributed by atoms with van der Waals surface area (Å²) in [5.74, 6) is 0.128. The maximum absolute atomic E-state index is 12.2. The molecule has 1 aliphatic heterocycles. The molecule has 2 aromatic rings. The molecule has 1 aliphatic rings. The first-order chi connectivity index (χ1) is 10.5. The molecule has 0 saturated carbocycles. The number of aromatic nitrogens is 2. The fourth-order valence-electron chi connectivity index (χ4n) is 2.21. The summed E-state index contributed by atoms with van der Waals surface area (Å²) in [5, 5.41) is 9.58. The summed E-state index contributed by atoms with van der Waals surface area (Å²) in [6.45, 7) is 3.50. The second-order valence-electron chi connectivity index (χ2n) is 5.18. The Balaban J connectivity index is 1.82. The summed E-state index contributed by atoms with van der Waals surface area (Å²) >= 11 is 0. The van der Waals surface area contributed by atoms with Crippen molar-refractivity contribution in [3.05, 3.63) is 35.7 Å². The lowest BCUT2D eigenvalue weighted by Crippen LogP contribution is -2.34. The highest BCUT2D eigenvalue weighted by molar-refractivity contribution is 6.05. The number of amides is 2. The monoisotopic (exact) mass is 300 g/mol. The van der Waals surface area contributed by atoms with Gasteiger partial charge in [-0.3, -0.25) is 14.3 Å². The molecule has 0 bridgehead atoms. The summed E-state index contributed by atoms with van der Waals surface area (Å²) in [6.07, 6.45) is 1.00.